The van der Waals surface area contributed by atoms with Crippen molar-refractivity contribution in [3.63, 3.8) is 0 Å². The third-order valence-corrected chi connectivity index (χ3v) is 3.56. The third kappa shape index (κ3) is 3.62. The number of benzene rings is 3. The summed E-state index contributed by atoms with van der Waals surface area (Å²) in [6.45, 7) is 2.06. The predicted octanol–water partition coefficient (Wildman–Crippen LogP) is 5.92. The van der Waals surface area contributed by atoms with Crippen molar-refractivity contribution >= 4 is 17.1 Å². The van der Waals surface area contributed by atoms with Gasteiger partial charge in [-0.3, -0.25) is 0 Å². The zero-order valence-corrected chi connectivity index (χ0v) is 13.2. The first-order chi connectivity index (χ1) is 11.4. The van der Waals surface area contributed by atoms with Crippen LogP contribution in [0.3, 0.4) is 0 Å². The van der Waals surface area contributed by atoms with Gasteiger partial charge in [-0.2, -0.15) is 0 Å². The molecule has 0 heterocycles. The van der Waals surface area contributed by atoms with Gasteiger partial charge in [-0.15, -0.1) is 0 Å². The molecule has 0 fully saturated rings. The van der Waals surface area contributed by atoms with Crippen LogP contribution >= 0.6 is 0 Å². The van der Waals surface area contributed by atoms with Gasteiger partial charge in [0.25, 0.3) is 0 Å². The van der Waals surface area contributed by atoms with Crippen LogP contribution in [0.15, 0.2) is 84.9 Å². The molecule has 0 aliphatic carbocycles. The topological polar surface area (TPSA) is 3.24 Å². The Morgan fingerprint density at radius 1 is 0.652 bits per heavy atom. The van der Waals surface area contributed by atoms with E-state index in [0.29, 0.717) is 0 Å². The van der Waals surface area contributed by atoms with Crippen molar-refractivity contribution in [1.29, 1.82) is 0 Å². The average molecular weight is 297 g/mol. The number of para-hydroxylation sites is 2. The van der Waals surface area contributed by atoms with Crippen molar-refractivity contribution in [2.24, 2.45) is 0 Å². The van der Waals surface area contributed by atoms with Crippen LogP contribution < -0.4 is 4.90 Å². The van der Waals surface area contributed by atoms with Gasteiger partial charge in [-0.25, -0.2) is 0 Å². The minimum Gasteiger partial charge on any atom is -0.311 e. The molecule has 3 aromatic carbocycles. The molecule has 23 heavy (non-hydrogen) atoms. The number of hydrogen-bond donors (Lipinski definition) is 0. The Morgan fingerprint density at radius 2 is 1.13 bits per heavy atom. The Labute approximate surface area is 138 Å². The summed E-state index contributed by atoms with van der Waals surface area (Å²) in [5.41, 5.74) is 4.47. The number of anilines is 3. The van der Waals surface area contributed by atoms with Gasteiger partial charge in [0, 0.05) is 29.0 Å². The van der Waals surface area contributed by atoms with Crippen molar-refractivity contribution in [2.75, 3.05) is 4.90 Å². The molecule has 0 spiro atoms. The first kappa shape index (κ1) is 14.9. The predicted molar refractivity (Wildman–Crippen MR) is 98.3 cm³/mol. The van der Waals surface area contributed by atoms with Gasteiger partial charge in [-0.1, -0.05) is 55.2 Å². The molecule has 0 N–H and O–H groups in total. The van der Waals surface area contributed by atoms with E-state index in [2.05, 4.69) is 96.5 Å². The van der Waals surface area contributed by atoms with Gasteiger partial charge in [0.05, 0.1) is 0 Å². The molecular formula is C22H19N. The SMILES string of the molecule is CCC#Cc1ccc(N(c2ccccc2)c2ccccc2)cc1. The summed E-state index contributed by atoms with van der Waals surface area (Å²) < 4.78 is 0. The Bertz CT molecular complexity index is 754. The van der Waals surface area contributed by atoms with Crippen LogP contribution in [0.4, 0.5) is 17.1 Å². The minimum absolute atomic E-state index is 0.877. The fourth-order valence-corrected chi connectivity index (χ4v) is 2.49. The lowest BCUT2D eigenvalue weighted by atomic mass is 10.1. The second-order valence-corrected chi connectivity index (χ2v) is 5.21. The molecule has 0 aliphatic rings. The van der Waals surface area contributed by atoms with E-state index in [0.717, 1.165) is 29.0 Å². The molecule has 0 saturated carbocycles. The molecule has 0 atom stereocenters. The maximum absolute atomic E-state index is 3.17. The highest BCUT2D eigenvalue weighted by molar-refractivity contribution is 5.76. The molecule has 0 bridgehead atoms. The quantitative estimate of drug-likeness (QED) is 0.542. The van der Waals surface area contributed by atoms with Gasteiger partial charge in [-0.05, 0) is 48.5 Å². The first-order valence-electron chi connectivity index (χ1n) is 7.87. The van der Waals surface area contributed by atoms with E-state index in [1.165, 1.54) is 0 Å². The number of hydrogen-bond acceptors (Lipinski definition) is 1. The fraction of sp³-hybridized carbons (Fsp3) is 0.0909. The van der Waals surface area contributed by atoms with Crippen LogP contribution in [0.25, 0.3) is 0 Å². The van der Waals surface area contributed by atoms with E-state index in [9.17, 15) is 0 Å². The summed E-state index contributed by atoms with van der Waals surface area (Å²) in [7, 11) is 0. The van der Waals surface area contributed by atoms with E-state index in [1.54, 1.807) is 0 Å². The summed E-state index contributed by atoms with van der Waals surface area (Å²) in [5, 5.41) is 0. The maximum atomic E-state index is 3.17. The lowest BCUT2D eigenvalue weighted by Gasteiger charge is -2.25. The Kier molecular flexibility index (Phi) is 4.76. The molecule has 3 aromatic rings. The Balaban J connectivity index is 2.02. The molecular weight excluding hydrogens is 278 g/mol. The van der Waals surface area contributed by atoms with Crippen LogP contribution in [0, 0.1) is 11.8 Å². The summed E-state index contributed by atoms with van der Waals surface area (Å²) in [6.07, 6.45) is 0.877. The van der Waals surface area contributed by atoms with E-state index in [1.807, 2.05) is 12.1 Å². The maximum Gasteiger partial charge on any atom is 0.0462 e. The highest BCUT2D eigenvalue weighted by Gasteiger charge is 2.11. The lowest BCUT2D eigenvalue weighted by molar-refractivity contribution is 1.27. The van der Waals surface area contributed by atoms with Crippen LogP contribution in [0.2, 0.25) is 0 Å². The van der Waals surface area contributed by atoms with Crippen LogP contribution in [0.5, 0.6) is 0 Å². The monoisotopic (exact) mass is 297 g/mol. The van der Waals surface area contributed by atoms with Gasteiger partial charge in [0.2, 0.25) is 0 Å². The Morgan fingerprint density at radius 3 is 1.61 bits per heavy atom. The second-order valence-electron chi connectivity index (χ2n) is 5.21. The third-order valence-electron chi connectivity index (χ3n) is 3.56. The summed E-state index contributed by atoms with van der Waals surface area (Å²) in [6, 6.07) is 29.2. The largest absolute Gasteiger partial charge is 0.311 e. The van der Waals surface area contributed by atoms with E-state index < -0.39 is 0 Å². The van der Waals surface area contributed by atoms with Crippen molar-refractivity contribution < 1.29 is 0 Å². The second kappa shape index (κ2) is 7.33. The van der Waals surface area contributed by atoms with Gasteiger partial charge in [0.1, 0.15) is 0 Å². The normalized spacial score (nSPS) is 9.78. The van der Waals surface area contributed by atoms with Crippen molar-refractivity contribution in [2.45, 2.75) is 13.3 Å². The summed E-state index contributed by atoms with van der Waals surface area (Å²) in [4.78, 5) is 2.25. The molecule has 3 rings (SSSR count). The molecule has 0 radical (unpaired) electrons. The zero-order chi connectivity index (χ0) is 15.9. The smallest absolute Gasteiger partial charge is 0.0462 e. The number of nitrogens with zero attached hydrogens (tertiary/aromatic N) is 1. The number of rotatable bonds is 3. The lowest BCUT2D eigenvalue weighted by Crippen LogP contribution is -2.09. The molecule has 1 nitrogen and oxygen atoms in total. The Hall–Kier alpha value is -2.98. The van der Waals surface area contributed by atoms with Crippen molar-refractivity contribution in [1.82, 2.24) is 0 Å². The first-order valence-corrected chi connectivity index (χ1v) is 7.87. The van der Waals surface area contributed by atoms with Crippen LogP contribution in [0.1, 0.15) is 18.9 Å². The molecule has 0 aliphatic heterocycles. The van der Waals surface area contributed by atoms with Gasteiger partial charge < -0.3 is 4.90 Å². The highest BCUT2D eigenvalue weighted by Crippen LogP contribution is 2.33. The molecule has 1 heteroatoms. The summed E-state index contributed by atoms with van der Waals surface area (Å²) >= 11 is 0. The van der Waals surface area contributed by atoms with E-state index in [4.69, 9.17) is 0 Å². The molecule has 112 valence electrons. The standard InChI is InChI=1S/C22H19N/c1-2-3-10-19-15-17-22(18-16-19)23(20-11-6-4-7-12-20)21-13-8-5-9-14-21/h4-9,11-18H,2H2,1H3. The van der Waals surface area contributed by atoms with Crippen LogP contribution in [-0.4, -0.2) is 0 Å². The minimum atomic E-state index is 0.877. The van der Waals surface area contributed by atoms with Crippen LogP contribution in [-0.2, 0) is 0 Å². The van der Waals surface area contributed by atoms with E-state index in [-0.39, 0.29) is 0 Å². The zero-order valence-electron chi connectivity index (χ0n) is 13.2. The molecule has 0 amide bonds. The fourth-order valence-electron chi connectivity index (χ4n) is 2.49. The summed E-state index contributed by atoms with van der Waals surface area (Å²) in [5.74, 6) is 6.28. The molecule has 0 aromatic heterocycles. The molecule has 0 saturated heterocycles. The highest BCUT2D eigenvalue weighted by atomic mass is 15.1. The average Bonchev–Trinajstić information content (AvgIpc) is 2.63. The van der Waals surface area contributed by atoms with Crippen molar-refractivity contribution in [3.05, 3.63) is 90.5 Å². The van der Waals surface area contributed by atoms with Gasteiger partial charge in [0.15, 0.2) is 0 Å². The van der Waals surface area contributed by atoms with Gasteiger partial charge >= 0.3 is 0 Å². The van der Waals surface area contributed by atoms with Crippen molar-refractivity contribution in [3.8, 4) is 11.8 Å². The van der Waals surface area contributed by atoms with E-state index >= 15 is 0 Å². The molecule has 0 unspecified atom stereocenters.